The average Bonchev–Trinajstić information content (AvgIpc) is 2.61. The van der Waals surface area contributed by atoms with Gasteiger partial charge in [0.15, 0.2) is 0 Å². The summed E-state index contributed by atoms with van der Waals surface area (Å²) in [5.41, 5.74) is 2.62. The summed E-state index contributed by atoms with van der Waals surface area (Å²) in [6.07, 6.45) is 0.464. The number of carbonyl (C=O) groups excluding carboxylic acids is 1. The van der Waals surface area contributed by atoms with Crippen LogP contribution in [0.5, 0.6) is 5.75 Å². The van der Waals surface area contributed by atoms with Gasteiger partial charge in [-0.25, -0.2) is 4.98 Å². The van der Waals surface area contributed by atoms with Crippen molar-refractivity contribution in [3.63, 3.8) is 0 Å². The maximum atomic E-state index is 11.3. The van der Waals surface area contributed by atoms with E-state index >= 15 is 0 Å². The molecule has 0 aliphatic heterocycles. The van der Waals surface area contributed by atoms with E-state index in [1.165, 1.54) is 0 Å². The molecule has 1 amide bonds. The summed E-state index contributed by atoms with van der Waals surface area (Å²) in [6.45, 7) is 2.23. The molecule has 0 bridgehead atoms. The molecule has 0 aliphatic rings. The van der Waals surface area contributed by atoms with Crippen molar-refractivity contribution < 1.29 is 9.53 Å². The number of pyridine rings is 1. The SMILES string of the molecule is CCC(=O)Nc1ccc(OCc2ccc3ccccc3n2)cc1. The number of nitrogens with one attached hydrogen (secondary N) is 1. The highest BCUT2D eigenvalue weighted by Crippen LogP contribution is 2.18. The molecule has 2 aromatic carbocycles. The number of hydrogen-bond donors (Lipinski definition) is 1. The van der Waals surface area contributed by atoms with Gasteiger partial charge in [-0.05, 0) is 36.4 Å². The summed E-state index contributed by atoms with van der Waals surface area (Å²) in [6, 6.07) is 19.4. The summed E-state index contributed by atoms with van der Waals surface area (Å²) in [5, 5.41) is 3.92. The standard InChI is InChI=1S/C19H18N2O2/c1-2-19(22)21-15-9-11-17(12-10-15)23-13-16-8-7-14-5-3-4-6-18(14)20-16/h3-12H,2,13H2,1H3,(H,21,22). The Hall–Kier alpha value is -2.88. The predicted octanol–water partition coefficient (Wildman–Crippen LogP) is 4.16. The first-order valence-electron chi connectivity index (χ1n) is 7.62. The Kier molecular flexibility index (Phi) is 4.52. The summed E-state index contributed by atoms with van der Waals surface area (Å²) < 4.78 is 5.75. The van der Waals surface area contributed by atoms with Crippen molar-refractivity contribution >= 4 is 22.5 Å². The number of anilines is 1. The first-order chi connectivity index (χ1) is 11.2. The number of nitrogens with zero attached hydrogens (tertiary/aromatic N) is 1. The van der Waals surface area contributed by atoms with Gasteiger partial charge < -0.3 is 10.1 Å². The Labute approximate surface area is 135 Å². The van der Waals surface area contributed by atoms with Crippen LogP contribution in [0, 0.1) is 0 Å². The molecule has 0 atom stereocenters. The quantitative estimate of drug-likeness (QED) is 0.770. The van der Waals surface area contributed by atoms with E-state index in [4.69, 9.17) is 4.74 Å². The van der Waals surface area contributed by atoms with E-state index in [0.717, 1.165) is 28.0 Å². The Balaban J connectivity index is 1.63. The van der Waals surface area contributed by atoms with Gasteiger partial charge in [0.05, 0.1) is 11.2 Å². The van der Waals surface area contributed by atoms with E-state index in [9.17, 15) is 4.79 Å². The molecule has 1 heterocycles. The molecule has 0 spiro atoms. The van der Waals surface area contributed by atoms with Gasteiger partial charge in [-0.1, -0.05) is 31.2 Å². The van der Waals surface area contributed by atoms with Crippen molar-refractivity contribution in [2.45, 2.75) is 20.0 Å². The van der Waals surface area contributed by atoms with Gasteiger partial charge in [-0.15, -0.1) is 0 Å². The van der Waals surface area contributed by atoms with Crippen LogP contribution in [-0.2, 0) is 11.4 Å². The van der Waals surface area contributed by atoms with Crippen LogP contribution in [0.4, 0.5) is 5.69 Å². The van der Waals surface area contributed by atoms with Crippen LogP contribution in [0.25, 0.3) is 10.9 Å². The zero-order chi connectivity index (χ0) is 16.1. The molecule has 3 rings (SSSR count). The summed E-state index contributed by atoms with van der Waals surface area (Å²) in [4.78, 5) is 15.9. The highest BCUT2D eigenvalue weighted by molar-refractivity contribution is 5.90. The van der Waals surface area contributed by atoms with Crippen molar-refractivity contribution in [1.29, 1.82) is 0 Å². The van der Waals surface area contributed by atoms with Crippen LogP contribution < -0.4 is 10.1 Å². The second-order valence-electron chi connectivity index (χ2n) is 5.21. The number of benzene rings is 2. The molecule has 1 N–H and O–H groups in total. The average molecular weight is 306 g/mol. The molecular formula is C19H18N2O2. The molecule has 1 aromatic heterocycles. The molecular weight excluding hydrogens is 288 g/mol. The molecule has 0 aliphatic carbocycles. The van der Waals surface area contributed by atoms with E-state index in [0.29, 0.717) is 13.0 Å². The summed E-state index contributed by atoms with van der Waals surface area (Å²) in [5.74, 6) is 0.744. The number of fused-ring (bicyclic) bond motifs is 1. The molecule has 4 nitrogen and oxygen atoms in total. The first kappa shape index (κ1) is 15.0. The number of hydrogen-bond acceptors (Lipinski definition) is 3. The van der Waals surface area contributed by atoms with Crippen LogP contribution in [0.15, 0.2) is 60.7 Å². The maximum Gasteiger partial charge on any atom is 0.224 e. The van der Waals surface area contributed by atoms with Gasteiger partial charge in [0.1, 0.15) is 12.4 Å². The fourth-order valence-electron chi connectivity index (χ4n) is 2.23. The van der Waals surface area contributed by atoms with Crippen LogP contribution in [0.1, 0.15) is 19.0 Å². The van der Waals surface area contributed by atoms with E-state index in [-0.39, 0.29) is 5.91 Å². The Morgan fingerprint density at radius 1 is 1.04 bits per heavy atom. The lowest BCUT2D eigenvalue weighted by Crippen LogP contribution is -2.09. The highest BCUT2D eigenvalue weighted by Gasteiger charge is 2.02. The van der Waals surface area contributed by atoms with Crippen molar-refractivity contribution in [1.82, 2.24) is 4.98 Å². The number of aromatic nitrogens is 1. The Bertz CT molecular complexity index is 813. The normalized spacial score (nSPS) is 10.5. The molecule has 0 saturated heterocycles. The van der Waals surface area contributed by atoms with E-state index in [1.807, 2.05) is 67.6 Å². The number of ether oxygens (including phenoxy) is 1. The zero-order valence-electron chi connectivity index (χ0n) is 13.0. The van der Waals surface area contributed by atoms with Gasteiger partial charge in [0, 0.05) is 17.5 Å². The first-order valence-corrected chi connectivity index (χ1v) is 7.62. The Morgan fingerprint density at radius 2 is 1.83 bits per heavy atom. The molecule has 0 saturated carbocycles. The molecule has 0 unspecified atom stereocenters. The third kappa shape index (κ3) is 3.86. The van der Waals surface area contributed by atoms with Crippen molar-refractivity contribution in [3.05, 3.63) is 66.4 Å². The lowest BCUT2D eigenvalue weighted by molar-refractivity contribution is -0.115. The van der Waals surface area contributed by atoms with Gasteiger partial charge in [0.25, 0.3) is 0 Å². The minimum atomic E-state index is -0.000896. The number of rotatable bonds is 5. The smallest absolute Gasteiger partial charge is 0.224 e. The number of carbonyl (C=O) groups is 1. The topological polar surface area (TPSA) is 51.2 Å². The third-order valence-corrected chi connectivity index (χ3v) is 3.50. The largest absolute Gasteiger partial charge is 0.487 e. The van der Waals surface area contributed by atoms with Crippen molar-refractivity contribution in [3.8, 4) is 5.75 Å². The van der Waals surface area contributed by atoms with E-state index in [2.05, 4.69) is 10.3 Å². The number of para-hydroxylation sites is 1. The van der Waals surface area contributed by atoms with Crippen molar-refractivity contribution in [2.75, 3.05) is 5.32 Å². The lowest BCUT2D eigenvalue weighted by Gasteiger charge is -2.08. The van der Waals surface area contributed by atoms with Crippen molar-refractivity contribution in [2.24, 2.45) is 0 Å². The summed E-state index contributed by atoms with van der Waals surface area (Å²) >= 11 is 0. The minimum Gasteiger partial charge on any atom is -0.487 e. The van der Waals surface area contributed by atoms with Gasteiger partial charge in [0.2, 0.25) is 5.91 Å². The molecule has 116 valence electrons. The van der Waals surface area contributed by atoms with E-state index < -0.39 is 0 Å². The number of amides is 1. The van der Waals surface area contributed by atoms with Crippen LogP contribution in [0.3, 0.4) is 0 Å². The van der Waals surface area contributed by atoms with Crippen LogP contribution in [-0.4, -0.2) is 10.9 Å². The molecule has 3 aromatic rings. The maximum absolute atomic E-state index is 11.3. The van der Waals surface area contributed by atoms with Crippen LogP contribution >= 0.6 is 0 Å². The predicted molar refractivity (Wildman–Crippen MR) is 91.4 cm³/mol. The fourth-order valence-corrected chi connectivity index (χ4v) is 2.23. The molecule has 0 radical (unpaired) electrons. The lowest BCUT2D eigenvalue weighted by atomic mass is 10.2. The second-order valence-corrected chi connectivity index (χ2v) is 5.21. The van der Waals surface area contributed by atoms with Gasteiger partial charge in [-0.2, -0.15) is 0 Å². The van der Waals surface area contributed by atoms with E-state index in [1.54, 1.807) is 0 Å². The highest BCUT2D eigenvalue weighted by atomic mass is 16.5. The second kappa shape index (κ2) is 6.92. The minimum absolute atomic E-state index is 0.000896. The fraction of sp³-hybridized carbons (Fsp3) is 0.158. The molecule has 0 fully saturated rings. The van der Waals surface area contributed by atoms with Gasteiger partial charge >= 0.3 is 0 Å². The van der Waals surface area contributed by atoms with Gasteiger partial charge in [-0.3, -0.25) is 4.79 Å². The molecule has 23 heavy (non-hydrogen) atoms. The summed E-state index contributed by atoms with van der Waals surface area (Å²) in [7, 11) is 0. The molecule has 4 heteroatoms. The van der Waals surface area contributed by atoms with Crippen LogP contribution in [0.2, 0.25) is 0 Å². The Morgan fingerprint density at radius 3 is 2.61 bits per heavy atom. The third-order valence-electron chi connectivity index (χ3n) is 3.50. The monoisotopic (exact) mass is 306 g/mol. The zero-order valence-corrected chi connectivity index (χ0v) is 13.0.